The Morgan fingerprint density at radius 2 is 2.05 bits per heavy atom. The zero-order chi connectivity index (χ0) is 15.4. The molecule has 0 radical (unpaired) electrons. The predicted octanol–water partition coefficient (Wildman–Crippen LogP) is 2.06. The molecular weight excluding hydrogens is 266 g/mol. The monoisotopic (exact) mass is 289 g/mol. The number of ether oxygens (including phenoxy) is 1. The molecule has 0 unspecified atom stereocenters. The first-order valence-electron chi connectivity index (χ1n) is 7.08. The number of hydrogen-bond donors (Lipinski definition) is 1. The third-order valence-corrected chi connectivity index (χ3v) is 3.88. The van der Waals surface area contributed by atoms with Gasteiger partial charge in [0.25, 0.3) is 5.56 Å². The van der Waals surface area contributed by atoms with Gasteiger partial charge in [0, 0.05) is 50.9 Å². The van der Waals surface area contributed by atoms with E-state index in [1.54, 1.807) is 17.7 Å². The molecule has 0 aromatic carbocycles. The van der Waals surface area contributed by atoms with Gasteiger partial charge < -0.3 is 19.2 Å². The van der Waals surface area contributed by atoms with Crippen molar-refractivity contribution in [3.63, 3.8) is 0 Å². The molecule has 0 fully saturated rings. The second-order valence-electron chi connectivity index (χ2n) is 5.25. The summed E-state index contributed by atoms with van der Waals surface area (Å²) in [6, 6.07) is 5.58. The average Bonchev–Trinajstić information content (AvgIpc) is 2.72. The lowest BCUT2D eigenvalue weighted by molar-refractivity contribution is 0.186. The molecule has 1 N–H and O–H groups in total. The van der Waals surface area contributed by atoms with Crippen molar-refractivity contribution >= 4 is 5.69 Å². The van der Waals surface area contributed by atoms with Gasteiger partial charge in [0.15, 0.2) is 0 Å². The van der Waals surface area contributed by atoms with Gasteiger partial charge in [0.2, 0.25) is 0 Å². The van der Waals surface area contributed by atoms with E-state index < -0.39 is 0 Å². The normalized spacial score (nSPS) is 10.9. The van der Waals surface area contributed by atoms with E-state index in [0.717, 1.165) is 12.2 Å². The van der Waals surface area contributed by atoms with Gasteiger partial charge in [-0.3, -0.25) is 4.79 Å². The van der Waals surface area contributed by atoms with Crippen LogP contribution in [0.3, 0.4) is 0 Å². The highest BCUT2D eigenvalue weighted by atomic mass is 16.5. The van der Waals surface area contributed by atoms with Gasteiger partial charge in [-0.25, -0.2) is 0 Å². The first-order chi connectivity index (χ1) is 10.0. The van der Waals surface area contributed by atoms with Crippen LogP contribution in [0.15, 0.2) is 29.2 Å². The maximum absolute atomic E-state index is 11.7. The Morgan fingerprint density at radius 1 is 1.29 bits per heavy atom. The predicted molar refractivity (Wildman–Crippen MR) is 84.8 cm³/mol. The highest BCUT2D eigenvalue weighted by Crippen LogP contribution is 2.15. The van der Waals surface area contributed by atoms with Gasteiger partial charge in [0.05, 0.1) is 12.3 Å². The maximum Gasteiger partial charge on any atom is 0.250 e. The molecule has 2 aromatic heterocycles. The lowest BCUT2D eigenvalue weighted by atomic mass is 10.2. The van der Waals surface area contributed by atoms with Gasteiger partial charge in [-0.1, -0.05) is 0 Å². The van der Waals surface area contributed by atoms with Gasteiger partial charge in [-0.05, 0) is 31.5 Å². The summed E-state index contributed by atoms with van der Waals surface area (Å²) in [4.78, 5) is 11.7. The summed E-state index contributed by atoms with van der Waals surface area (Å²) in [6.45, 7) is 6.05. The Bertz CT molecular complexity index is 671. The fourth-order valence-electron chi connectivity index (χ4n) is 2.31. The van der Waals surface area contributed by atoms with Gasteiger partial charge in [-0.2, -0.15) is 0 Å². The van der Waals surface area contributed by atoms with Crippen molar-refractivity contribution in [2.45, 2.75) is 26.9 Å². The standard InChI is InChI=1S/C16H23N3O2/c1-12-9-14(13(2)18(12)3)10-17-15-5-6-16(20)19(11-15)7-8-21-4/h5-6,9,11,17H,7-8,10H2,1-4H3. The fourth-order valence-corrected chi connectivity index (χ4v) is 2.31. The van der Waals surface area contributed by atoms with E-state index in [1.165, 1.54) is 17.0 Å². The molecule has 0 aliphatic heterocycles. The summed E-state index contributed by atoms with van der Waals surface area (Å²) in [7, 11) is 3.70. The molecule has 0 aliphatic rings. The molecule has 2 aromatic rings. The van der Waals surface area contributed by atoms with Gasteiger partial charge >= 0.3 is 0 Å². The molecule has 5 nitrogen and oxygen atoms in total. The molecule has 2 heterocycles. The Kier molecular flexibility index (Phi) is 4.85. The van der Waals surface area contributed by atoms with Gasteiger partial charge in [-0.15, -0.1) is 0 Å². The Morgan fingerprint density at radius 3 is 2.67 bits per heavy atom. The van der Waals surface area contributed by atoms with E-state index in [4.69, 9.17) is 4.74 Å². The van der Waals surface area contributed by atoms with E-state index in [2.05, 4.69) is 36.8 Å². The van der Waals surface area contributed by atoms with Crippen LogP contribution >= 0.6 is 0 Å². The number of nitrogens with one attached hydrogen (secondary N) is 1. The van der Waals surface area contributed by atoms with Crippen molar-refractivity contribution < 1.29 is 4.74 Å². The number of rotatable bonds is 6. The number of aryl methyl sites for hydroxylation is 1. The Hall–Kier alpha value is -2.01. The topological polar surface area (TPSA) is 48.2 Å². The first-order valence-corrected chi connectivity index (χ1v) is 7.08. The van der Waals surface area contributed by atoms with E-state index in [0.29, 0.717) is 13.2 Å². The van der Waals surface area contributed by atoms with Crippen LogP contribution in [0.2, 0.25) is 0 Å². The highest BCUT2D eigenvalue weighted by Gasteiger charge is 2.06. The summed E-state index contributed by atoms with van der Waals surface area (Å²) in [5, 5.41) is 3.37. The second-order valence-corrected chi connectivity index (χ2v) is 5.25. The molecule has 0 atom stereocenters. The Labute approximate surface area is 125 Å². The molecule has 2 rings (SSSR count). The summed E-state index contributed by atoms with van der Waals surface area (Å²) < 4.78 is 8.86. The smallest absolute Gasteiger partial charge is 0.250 e. The molecule has 0 saturated carbocycles. The molecule has 5 heteroatoms. The maximum atomic E-state index is 11.7. The SMILES string of the molecule is COCCn1cc(NCc2cc(C)n(C)c2C)ccc1=O. The van der Waals surface area contributed by atoms with Crippen LogP contribution in [0.4, 0.5) is 5.69 Å². The number of hydrogen-bond acceptors (Lipinski definition) is 3. The highest BCUT2D eigenvalue weighted by molar-refractivity contribution is 5.42. The first kappa shape index (κ1) is 15.4. The lowest BCUT2D eigenvalue weighted by Crippen LogP contribution is -2.21. The van der Waals surface area contributed by atoms with Crippen LogP contribution in [0, 0.1) is 13.8 Å². The minimum Gasteiger partial charge on any atom is -0.383 e. The molecule has 0 amide bonds. The molecule has 21 heavy (non-hydrogen) atoms. The third kappa shape index (κ3) is 3.55. The van der Waals surface area contributed by atoms with E-state index >= 15 is 0 Å². The third-order valence-electron chi connectivity index (χ3n) is 3.88. The van der Waals surface area contributed by atoms with Crippen LogP contribution < -0.4 is 10.9 Å². The molecule has 114 valence electrons. The van der Waals surface area contributed by atoms with Gasteiger partial charge in [0.1, 0.15) is 0 Å². The molecule has 0 bridgehead atoms. The Balaban J connectivity index is 2.09. The summed E-state index contributed by atoms with van der Waals surface area (Å²) >= 11 is 0. The largest absolute Gasteiger partial charge is 0.383 e. The number of anilines is 1. The van der Waals surface area contributed by atoms with Crippen LogP contribution in [0.5, 0.6) is 0 Å². The molecule has 0 spiro atoms. The quantitative estimate of drug-likeness (QED) is 0.885. The van der Waals surface area contributed by atoms with Crippen LogP contribution in [-0.4, -0.2) is 22.9 Å². The minimum absolute atomic E-state index is 0.00987. The molecule has 0 saturated heterocycles. The summed E-state index contributed by atoms with van der Waals surface area (Å²) in [5.74, 6) is 0. The summed E-state index contributed by atoms with van der Waals surface area (Å²) in [6.07, 6.45) is 1.84. The van der Waals surface area contributed by atoms with Crippen molar-refractivity contribution in [3.05, 3.63) is 51.7 Å². The van der Waals surface area contributed by atoms with Crippen molar-refractivity contribution in [2.24, 2.45) is 7.05 Å². The van der Waals surface area contributed by atoms with Crippen LogP contribution in [-0.2, 0) is 24.9 Å². The number of pyridine rings is 1. The molecular formula is C16H23N3O2. The van der Waals surface area contributed by atoms with E-state index in [9.17, 15) is 4.79 Å². The summed E-state index contributed by atoms with van der Waals surface area (Å²) in [5.41, 5.74) is 4.70. The zero-order valence-electron chi connectivity index (χ0n) is 13.1. The average molecular weight is 289 g/mol. The molecule has 0 aliphatic carbocycles. The van der Waals surface area contributed by atoms with E-state index in [-0.39, 0.29) is 5.56 Å². The second kappa shape index (κ2) is 6.63. The van der Waals surface area contributed by atoms with Crippen LogP contribution in [0.1, 0.15) is 17.0 Å². The number of methoxy groups -OCH3 is 1. The van der Waals surface area contributed by atoms with E-state index in [1.807, 2.05) is 12.3 Å². The van der Waals surface area contributed by atoms with Crippen molar-refractivity contribution in [2.75, 3.05) is 19.0 Å². The van der Waals surface area contributed by atoms with Crippen molar-refractivity contribution in [3.8, 4) is 0 Å². The lowest BCUT2D eigenvalue weighted by Gasteiger charge is -2.10. The number of aromatic nitrogens is 2. The fraction of sp³-hybridized carbons (Fsp3) is 0.438. The van der Waals surface area contributed by atoms with Crippen molar-refractivity contribution in [1.29, 1.82) is 0 Å². The van der Waals surface area contributed by atoms with Crippen molar-refractivity contribution in [1.82, 2.24) is 9.13 Å². The number of nitrogens with zero attached hydrogens (tertiary/aromatic N) is 2. The zero-order valence-corrected chi connectivity index (χ0v) is 13.1. The van der Waals surface area contributed by atoms with Crippen LogP contribution in [0.25, 0.3) is 0 Å². The minimum atomic E-state index is -0.00987.